The number of imidazole rings is 1. The number of nitrogens with zero attached hydrogens (tertiary/aromatic N) is 2. The maximum Gasteiger partial charge on any atom is 0.339 e. The molecule has 0 aliphatic heterocycles. The average molecular weight is 269 g/mol. The summed E-state index contributed by atoms with van der Waals surface area (Å²) in [4.78, 5) is 15.6. The third kappa shape index (κ3) is 1.63. The minimum Gasteiger partial charge on any atom is -0.465 e. The summed E-state index contributed by atoms with van der Waals surface area (Å²) in [6.45, 7) is 0. The quantitative estimate of drug-likeness (QED) is 0.745. The Labute approximate surface area is 95.0 Å². The van der Waals surface area contributed by atoms with Crippen molar-refractivity contribution >= 4 is 32.9 Å². The number of methoxy groups -OCH3 is 1. The van der Waals surface area contributed by atoms with Gasteiger partial charge in [-0.25, -0.2) is 9.78 Å². The van der Waals surface area contributed by atoms with Crippen molar-refractivity contribution in [2.75, 3.05) is 7.11 Å². The van der Waals surface area contributed by atoms with Crippen molar-refractivity contribution in [1.82, 2.24) is 9.55 Å². The Balaban J connectivity index is 2.70. The van der Waals surface area contributed by atoms with Crippen LogP contribution in [-0.4, -0.2) is 22.6 Å². The molecule has 5 heteroatoms. The van der Waals surface area contributed by atoms with Crippen LogP contribution >= 0.6 is 15.9 Å². The molecule has 2 rings (SSSR count). The Morgan fingerprint density at radius 2 is 2.27 bits per heavy atom. The summed E-state index contributed by atoms with van der Waals surface area (Å²) in [6, 6.07) is 3.57. The van der Waals surface area contributed by atoms with Crippen LogP contribution in [0.1, 0.15) is 10.4 Å². The molecular formula is C10H9BrN2O2. The average Bonchev–Trinajstić information content (AvgIpc) is 2.58. The molecular weight excluding hydrogens is 260 g/mol. The van der Waals surface area contributed by atoms with E-state index in [0.29, 0.717) is 10.0 Å². The molecule has 0 atom stereocenters. The van der Waals surface area contributed by atoms with E-state index in [9.17, 15) is 4.79 Å². The number of halogens is 1. The summed E-state index contributed by atoms with van der Waals surface area (Å²) in [7, 11) is 3.24. The highest BCUT2D eigenvalue weighted by Gasteiger charge is 2.13. The van der Waals surface area contributed by atoms with E-state index < -0.39 is 0 Å². The molecule has 15 heavy (non-hydrogen) atoms. The SMILES string of the molecule is COC(=O)c1cc2c(cc1Br)ncn2C. The molecule has 0 spiro atoms. The zero-order chi connectivity index (χ0) is 11.0. The highest BCUT2D eigenvalue weighted by Crippen LogP contribution is 2.23. The van der Waals surface area contributed by atoms with Crippen molar-refractivity contribution in [2.24, 2.45) is 7.05 Å². The highest BCUT2D eigenvalue weighted by molar-refractivity contribution is 9.10. The molecule has 0 aliphatic rings. The van der Waals surface area contributed by atoms with Gasteiger partial charge in [-0.3, -0.25) is 0 Å². The third-order valence-corrected chi connectivity index (χ3v) is 2.88. The van der Waals surface area contributed by atoms with E-state index in [-0.39, 0.29) is 5.97 Å². The van der Waals surface area contributed by atoms with Gasteiger partial charge in [0.05, 0.1) is 30.0 Å². The minimum atomic E-state index is -0.357. The number of hydrogen-bond acceptors (Lipinski definition) is 3. The molecule has 0 radical (unpaired) electrons. The summed E-state index contributed by atoms with van der Waals surface area (Å²) in [5, 5.41) is 0. The van der Waals surface area contributed by atoms with E-state index in [1.165, 1.54) is 7.11 Å². The zero-order valence-electron chi connectivity index (χ0n) is 8.32. The topological polar surface area (TPSA) is 44.1 Å². The lowest BCUT2D eigenvalue weighted by Crippen LogP contribution is -2.02. The molecule has 1 aromatic carbocycles. The lowest BCUT2D eigenvalue weighted by atomic mass is 10.2. The fourth-order valence-corrected chi connectivity index (χ4v) is 1.91. The van der Waals surface area contributed by atoms with Gasteiger partial charge in [-0.2, -0.15) is 0 Å². The highest BCUT2D eigenvalue weighted by atomic mass is 79.9. The molecule has 1 aromatic heterocycles. The Kier molecular flexibility index (Phi) is 2.48. The van der Waals surface area contributed by atoms with Crippen molar-refractivity contribution in [3.05, 3.63) is 28.5 Å². The van der Waals surface area contributed by atoms with Crippen LogP contribution in [-0.2, 0) is 11.8 Å². The monoisotopic (exact) mass is 268 g/mol. The molecule has 0 saturated carbocycles. The summed E-state index contributed by atoms with van der Waals surface area (Å²) in [5.41, 5.74) is 2.25. The first kappa shape index (κ1) is 10.2. The fourth-order valence-electron chi connectivity index (χ4n) is 1.41. The van der Waals surface area contributed by atoms with E-state index >= 15 is 0 Å². The van der Waals surface area contributed by atoms with E-state index in [1.54, 1.807) is 12.4 Å². The predicted molar refractivity (Wildman–Crippen MR) is 59.8 cm³/mol. The minimum absolute atomic E-state index is 0.357. The molecule has 4 nitrogen and oxygen atoms in total. The molecule has 2 aromatic rings. The number of benzene rings is 1. The first-order valence-electron chi connectivity index (χ1n) is 4.32. The Morgan fingerprint density at radius 3 is 2.93 bits per heavy atom. The van der Waals surface area contributed by atoms with Crippen LogP contribution in [0, 0.1) is 0 Å². The summed E-state index contributed by atoms with van der Waals surface area (Å²) in [5.74, 6) is -0.357. The first-order valence-corrected chi connectivity index (χ1v) is 5.11. The second-order valence-electron chi connectivity index (χ2n) is 3.17. The van der Waals surface area contributed by atoms with Gasteiger partial charge in [0, 0.05) is 11.5 Å². The molecule has 0 saturated heterocycles. The van der Waals surface area contributed by atoms with Crippen molar-refractivity contribution in [3.63, 3.8) is 0 Å². The van der Waals surface area contributed by atoms with Gasteiger partial charge < -0.3 is 9.30 Å². The van der Waals surface area contributed by atoms with Gasteiger partial charge in [0.15, 0.2) is 0 Å². The smallest absolute Gasteiger partial charge is 0.339 e. The summed E-state index contributed by atoms with van der Waals surface area (Å²) in [6.07, 6.45) is 1.71. The number of fused-ring (bicyclic) bond motifs is 1. The second-order valence-corrected chi connectivity index (χ2v) is 4.02. The predicted octanol–water partition coefficient (Wildman–Crippen LogP) is 2.12. The van der Waals surface area contributed by atoms with E-state index in [4.69, 9.17) is 0 Å². The summed E-state index contributed by atoms with van der Waals surface area (Å²) < 4.78 is 7.23. The maximum absolute atomic E-state index is 11.4. The van der Waals surface area contributed by atoms with Crippen LogP contribution in [0.5, 0.6) is 0 Å². The number of carbonyl (C=O) groups is 1. The molecule has 1 heterocycles. The van der Waals surface area contributed by atoms with Gasteiger partial charge >= 0.3 is 5.97 Å². The van der Waals surface area contributed by atoms with Gasteiger partial charge in [-0.15, -0.1) is 0 Å². The lowest BCUT2D eigenvalue weighted by Gasteiger charge is -2.03. The lowest BCUT2D eigenvalue weighted by molar-refractivity contribution is 0.0600. The van der Waals surface area contributed by atoms with Crippen LogP contribution in [0.4, 0.5) is 0 Å². The molecule has 0 unspecified atom stereocenters. The van der Waals surface area contributed by atoms with Crippen molar-refractivity contribution in [1.29, 1.82) is 0 Å². The Bertz CT molecular complexity index is 533. The Morgan fingerprint density at radius 1 is 1.53 bits per heavy atom. The summed E-state index contributed by atoms with van der Waals surface area (Å²) >= 11 is 3.32. The number of ether oxygens (including phenoxy) is 1. The molecule has 78 valence electrons. The first-order chi connectivity index (χ1) is 7.13. The van der Waals surface area contributed by atoms with Gasteiger partial charge in [0.25, 0.3) is 0 Å². The van der Waals surface area contributed by atoms with Crippen LogP contribution in [0.2, 0.25) is 0 Å². The van der Waals surface area contributed by atoms with Gasteiger partial charge in [-0.05, 0) is 28.1 Å². The normalized spacial score (nSPS) is 10.6. The Hall–Kier alpha value is -1.36. The number of aromatic nitrogens is 2. The van der Waals surface area contributed by atoms with Crippen molar-refractivity contribution in [3.8, 4) is 0 Å². The molecule has 0 aliphatic carbocycles. The van der Waals surface area contributed by atoms with Crippen molar-refractivity contribution < 1.29 is 9.53 Å². The van der Waals surface area contributed by atoms with Crippen LogP contribution < -0.4 is 0 Å². The van der Waals surface area contributed by atoms with Gasteiger partial charge in [0.2, 0.25) is 0 Å². The number of esters is 1. The molecule has 0 N–H and O–H groups in total. The number of aryl methyl sites for hydroxylation is 1. The standard InChI is InChI=1S/C10H9BrN2O2/c1-13-5-12-8-4-7(11)6(3-9(8)13)10(14)15-2/h3-5H,1-2H3. The maximum atomic E-state index is 11.4. The van der Waals surface area contributed by atoms with Crippen LogP contribution in [0.25, 0.3) is 11.0 Å². The van der Waals surface area contributed by atoms with E-state index in [1.807, 2.05) is 17.7 Å². The van der Waals surface area contributed by atoms with Crippen LogP contribution in [0.15, 0.2) is 22.9 Å². The van der Waals surface area contributed by atoms with Gasteiger partial charge in [-0.1, -0.05) is 0 Å². The largest absolute Gasteiger partial charge is 0.465 e. The second kappa shape index (κ2) is 3.66. The van der Waals surface area contributed by atoms with Crippen LogP contribution in [0.3, 0.4) is 0 Å². The molecule has 0 fully saturated rings. The van der Waals surface area contributed by atoms with Crippen molar-refractivity contribution in [2.45, 2.75) is 0 Å². The number of rotatable bonds is 1. The van der Waals surface area contributed by atoms with Gasteiger partial charge in [0.1, 0.15) is 0 Å². The third-order valence-electron chi connectivity index (χ3n) is 2.22. The van der Waals surface area contributed by atoms with E-state index in [2.05, 4.69) is 25.7 Å². The zero-order valence-corrected chi connectivity index (χ0v) is 9.91. The fraction of sp³-hybridized carbons (Fsp3) is 0.200. The van der Waals surface area contributed by atoms with E-state index in [0.717, 1.165) is 11.0 Å². The molecule has 0 bridgehead atoms. The number of carbonyl (C=O) groups excluding carboxylic acids is 1. The molecule has 0 amide bonds. The number of hydrogen-bond donors (Lipinski definition) is 0.